The average Bonchev–Trinajstić information content (AvgIpc) is 2.94. The molecule has 1 heterocycles. The number of aliphatic hydroxyl groups excluding tert-OH is 1. The minimum atomic E-state index is -0.511. The van der Waals surface area contributed by atoms with E-state index in [1.165, 1.54) is 22.9 Å². The van der Waals surface area contributed by atoms with E-state index in [0.29, 0.717) is 11.6 Å². The van der Waals surface area contributed by atoms with Crippen molar-refractivity contribution < 1.29 is 18.7 Å². The third kappa shape index (κ3) is 3.54. The summed E-state index contributed by atoms with van der Waals surface area (Å²) in [6.07, 6.45) is 0. The van der Waals surface area contributed by atoms with E-state index in [-0.39, 0.29) is 24.6 Å². The number of nitrogens with one attached hydrogen (secondary N) is 1. The van der Waals surface area contributed by atoms with Gasteiger partial charge < -0.3 is 10.4 Å². The Morgan fingerprint density at radius 1 is 1.26 bits per heavy atom. The van der Waals surface area contributed by atoms with Crippen LogP contribution >= 0.6 is 34.4 Å². The molecule has 0 atom stereocenters. The second kappa shape index (κ2) is 7.20. The maximum Gasteiger partial charge on any atom is 0.173 e. The van der Waals surface area contributed by atoms with Gasteiger partial charge in [0.25, 0.3) is 0 Å². The van der Waals surface area contributed by atoms with E-state index in [4.69, 9.17) is 9.94 Å². The molecule has 0 radical (unpaired) electrons. The van der Waals surface area contributed by atoms with E-state index in [1.54, 1.807) is 24.3 Å². The molecule has 2 aromatic rings. The van der Waals surface area contributed by atoms with Gasteiger partial charge in [-0.25, -0.2) is 13.8 Å². The summed E-state index contributed by atoms with van der Waals surface area (Å²) in [5.74, 6) is -0.518. The van der Waals surface area contributed by atoms with Gasteiger partial charge >= 0.3 is 0 Å². The van der Waals surface area contributed by atoms with Gasteiger partial charge in [-0.2, -0.15) is 0 Å². The van der Waals surface area contributed by atoms with Crippen LogP contribution < -0.4 is 10.4 Å². The number of hydrogen-bond acceptors (Lipinski definition) is 5. The Kier molecular flexibility index (Phi) is 5.24. The molecule has 0 fully saturated rings. The fraction of sp³-hybridized carbons (Fsp3) is 0.200. The largest absolute Gasteiger partial charge is 0.394 e. The maximum absolute atomic E-state index is 14.8. The molecule has 0 unspecified atom stereocenters. The smallest absolute Gasteiger partial charge is 0.173 e. The average molecular weight is 450 g/mol. The van der Waals surface area contributed by atoms with Gasteiger partial charge in [-0.15, -0.1) is 0 Å². The Labute approximate surface area is 149 Å². The summed E-state index contributed by atoms with van der Waals surface area (Å²) in [7, 11) is 0. The zero-order valence-corrected chi connectivity index (χ0v) is 14.8. The highest BCUT2D eigenvalue weighted by Gasteiger charge is 2.26. The summed E-state index contributed by atoms with van der Waals surface area (Å²) in [5, 5.41) is 13.0. The first-order chi connectivity index (χ1) is 11.1. The van der Waals surface area contributed by atoms with Gasteiger partial charge in [0, 0.05) is 8.47 Å². The second-order valence-electron chi connectivity index (χ2n) is 4.73. The Balaban J connectivity index is 1.90. The van der Waals surface area contributed by atoms with E-state index in [0.717, 1.165) is 8.47 Å². The molecule has 4 nitrogen and oxygen atoms in total. The number of aliphatic hydroxyl groups is 1. The molecular formula is C15H13F2IN2O2S. The summed E-state index contributed by atoms with van der Waals surface area (Å²) in [5.41, 5.74) is 0.682. The number of rotatable bonds is 5. The SMILES string of the molecule is OCCON1CSc2ccc(Nc3ccc(I)cc3F)c(F)c21. The van der Waals surface area contributed by atoms with Gasteiger partial charge in [0.2, 0.25) is 0 Å². The molecule has 0 saturated heterocycles. The molecule has 0 saturated carbocycles. The Bertz CT molecular complexity index is 733. The number of hydroxylamine groups is 1. The van der Waals surface area contributed by atoms with E-state index < -0.39 is 11.6 Å². The molecule has 1 aliphatic heterocycles. The zero-order valence-electron chi connectivity index (χ0n) is 11.9. The van der Waals surface area contributed by atoms with Crippen LogP contribution in [0.3, 0.4) is 0 Å². The molecule has 2 N–H and O–H groups in total. The molecule has 0 bridgehead atoms. The van der Waals surface area contributed by atoms with Gasteiger partial charge in [-0.1, -0.05) is 11.8 Å². The predicted molar refractivity (Wildman–Crippen MR) is 95.0 cm³/mol. The molecule has 3 rings (SSSR count). The normalized spacial score (nSPS) is 13.3. The standard InChI is InChI=1S/C15H13F2IN2O2S/c16-10-7-9(18)1-2-11(10)19-12-3-4-13-15(14(12)17)20(8-23-13)22-6-5-21/h1-4,7,19,21H,5-6,8H2. The molecule has 1 aliphatic rings. The highest BCUT2D eigenvalue weighted by molar-refractivity contribution is 14.1. The fourth-order valence-electron chi connectivity index (χ4n) is 2.17. The van der Waals surface area contributed by atoms with Gasteiger partial charge in [-0.05, 0) is 52.9 Å². The lowest BCUT2D eigenvalue weighted by Gasteiger charge is -2.19. The van der Waals surface area contributed by atoms with E-state index >= 15 is 0 Å². The quantitative estimate of drug-likeness (QED) is 0.672. The molecule has 122 valence electrons. The lowest BCUT2D eigenvalue weighted by molar-refractivity contribution is 0.0797. The lowest BCUT2D eigenvalue weighted by Crippen LogP contribution is -2.22. The number of thioether (sulfide) groups is 1. The van der Waals surface area contributed by atoms with Crippen LogP contribution in [0.4, 0.5) is 25.8 Å². The Morgan fingerprint density at radius 3 is 2.78 bits per heavy atom. The highest BCUT2D eigenvalue weighted by atomic mass is 127. The van der Waals surface area contributed by atoms with E-state index in [2.05, 4.69) is 5.32 Å². The number of fused-ring (bicyclic) bond motifs is 1. The molecule has 23 heavy (non-hydrogen) atoms. The molecule has 0 aromatic heterocycles. The molecular weight excluding hydrogens is 437 g/mol. The van der Waals surface area contributed by atoms with Crippen LogP contribution in [-0.4, -0.2) is 24.2 Å². The first-order valence-corrected chi connectivity index (χ1v) is 8.85. The van der Waals surface area contributed by atoms with Crippen LogP contribution in [0.15, 0.2) is 35.2 Å². The third-order valence-electron chi connectivity index (χ3n) is 3.20. The van der Waals surface area contributed by atoms with Gasteiger partial charge in [0.15, 0.2) is 5.82 Å². The minimum absolute atomic E-state index is 0.0862. The minimum Gasteiger partial charge on any atom is -0.394 e. The first-order valence-electron chi connectivity index (χ1n) is 6.79. The van der Waals surface area contributed by atoms with Crippen molar-refractivity contribution in [3.63, 3.8) is 0 Å². The number of halogens is 3. The van der Waals surface area contributed by atoms with Crippen molar-refractivity contribution >= 4 is 51.4 Å². The van der Waals surface area contributed by atoms with Crippen LogP contribution in [0.5, 0.6) is 0 Å². The van der Waals surface area contributed by atoms with Crippen LogP contribution in [-0.2, 0) is 4.84 Å². The first kappa shape index (κ1) is 16.7. The number of benzene rings is 2. The number of anilines is 3. The lowest BCUT2D eigenvalue weighted by atomic mass is 10.2. The van der Waals surface area contributed by atoms with Crippen LogP contribution in [0.25, 0.3) is 0 Å². The number of hydrogen-bond donors (Lipinski definition) is 2. The Morgan fingerprint density at radius 2 is 2.04 bits per heavy atom. The van der Waals surface area contributed by atoms with Gasteiger partial charge in [0.05, 0.1) is 30.5 Å². The monoisotopic (exact) mass is 450 g/mol. The number of nitrogens with zero attached hydrogens (tertiary/aromatic N) is 1. The molecule has 8 heteroatoms. The van der Waals surface area contributed by atoms with Crippen LogP contribution in [0.2, 0.25) is 0 Å². The fourth-order valence-corrected chi connectivity index (χ4v) is 3.58. The summed E-state index contributed by atoms with van der Waals surface area (Å²) < 4.78 is 29.5. The second-order valence-corrected chi connectivity index (χ2v) is 6.96. The molecule has 0 aliphatic carbocycles. The molecule has 2 aromatic carbocycles. The summed E-state index contributed by atoms with van der Waals surface area (Å²) in [6.45, 7) is -0.0627. The van der Waals surface area contributed by atoms with Crippen molar-refractivity contribution in [3.05, 3.63) is 45.5 Å². The highest BCUT2D eigenvalue weighted by Crippen LogP contribution is 2.43. The van der Waals surface area contributed by atoms with Crippen molar-refractivity contribution in [1.29, 1.82) is 0 Å². The van der Waals surface area contributed by atoms with Crippen molar-refractivity contribution in [2.45, 2.75) is 4.90 Å². The van der Waals surface area contributed by atoms with Crippen LogP contribution in [0, 0.1) is 15.2 Å². The van der Waals surface area contributed by atoms with Gasteiger partial charge in [0.1, 0.15) is 11.5 Å². The summed E-state index contributed by atoms with van der Waals surface area (Å²) >= 11 is 3.45. The van der Waals surface area contributed by atoms with Crippen molar-refractivity contribution in [3.8, 4) is 0 Å². The van der Waals surface area contributed by atoms with Crippen molar-refractivity contribution in [2.24, 2.45) is 0 Å². The topological polar surface area (TPSA) is 44.7 Å². The Hall–Kier alpha value is -1.10. The van der Waals surface area contributed by atoms with Crippen molar-refractivity contribution in [2.75, 3.05) is 29.5 Å². The van der Waals surface area contributed by atoms with Gasteiger partial charge in [-0.3, -0.25) is 4.84 Å². The van der Waals surface area contributed by atoms with E-state index in [1.807, 2.05) is 22.6 Å². The van der Waals surface area contributed by atoms with Crippen molar-refractivity contribution in [1.82, 2.24) is 0 Å². The molecule has 0 amide bonds. The summed E-state index contributed by atoms with van der Waals surface area (Å²) in [4.78, 5) is 6.07. The van der Waals surface area contributed by atoms with E-state index in [9.17, 15) is 8.78 Å². The molecule has 0 spiro atoms. The third-order valence-corrected chi connectivity index (χ3v) is 4.88. The maximum atomic E-state index is 14.8. The summed E-state index contributed by atoms with van der Waals surface area (Å²) in [6, 6.07) is 8.02. The zero-order chi connectivity index (χ0) is 16.4. The predicted octanol–water partition coefficient (Wildman–Crippen LogP) is 4.11. The van der Waals surface area contributed by atoms with Crippen LogP contribution in [0.1, 0.15) is 0 Å².